The number of amides is 1. The van der Waals surface area contributed by atoms with E-state index in [1.54, 1.807) is 0 Å². The molecule has 3 aromatic rings. The summed E-state index contributed by atoms with van der Waals surface area (Å²) in [5, 5.41) is 3.66. The van der Waals surface area contributed by atoms with E-state index in [1.165, 1.54) is 12.8 Å². The molecule has 5 rings (SSSR count). The van der Waals surface area contributed by atoms with Crippen molar-refractivity contribution < 1.29 is 4.79 Å². The fourth-order valence-corrected chi connectivity index (χ4v) is 3.95. The van der Waals surface area contributed by atoms with Crippen LogP contribution in [0.15, 0.2) is 84.9 Å². The average molecular weight is 419 g/mol. The van der Waals surface area contributed by atoms with Crippen LogP contribution in [0, 0.1) is 5.92 Å². The van der Waals surface area contributed by atoms with Crippen molar-refractivity contribution >= 4 is 24.0 Å². The summed E-state index contributed by atoms with van der Waals surface area (Å²) in [6, 6.07) is 29.0. The quantitative estimate of drug-likeness (QED) is 0.544. The highest BCUT2D eigenvalue weighted by Gasteiger charge is 2.45. The smallest absolute Gasteiger partial charge is 0.258 e. The van der Waals surface area contributed by atoms with Crippen LogP contribution in [-0.4, -0.2) is 24.5 Å². The summed E-state index contributed by atoms with van der Waals surface area (Å²) in [7, 11) is 0. The zero-order valence-electron chi connectivity index (χ0n) is 16.9. The number of nitrogens with zero attached hydrogens (tertiary/aromatic N) is 1. The Bertz CT molecular complexity index is 971. The Morgan fingerprint density at radius 1 is 0.833 bits per heavy atom. The molecule has 1 N–H and O–H groups in total. The average Bonchev–Trinajstić information content (AvgIpc) is 3.70. The predicted octanol–water partition coefficient (Wildman–Crippen LogP) is 5.56. The Morgan fingerprint density at radius 2 is 1.43 bits per heavy atom. The molecule has 1 amide bonds. The molecule has 0 heterocycles. The zero-order valence-corrected chi connectivity index (χ0v) is 17.7. The van der Waals surface area contributed by atoms with Crippen LogP contribution in [0.5, 0.6) is 0 Å². The van der Waals surface area contributed by atoms with Crippen LogP contribution < -0.4 is 10.2 Å². The number of halogens is 1. The molecule has 2 aliphatic carbocycles. The first-order valence-electron chi connectivity index (χ1n) is 10.6. The standard InChI is InChI=1S/C26H26N2O.ClH/c29-26(22-15-13-21(14-16-22)20-7-3-1-4-8-20)28(23-9-5-2-6-10-23)25-17-24(25)27-18-19-11-12-19;/h1-10,13-16,19,24-25,27H,11-12,17-18H2;1H/t24-,25+;/m1./s1. The van der Waals surface area contributed by atoms with Crippen molar-refractivity contribution in [1.29, 1.82) is 0 Å². The van der Waals surface area contributed by atoms with Crippen molar-refractivity contribution in [2.75, 3.05) is 11.4 Å². The van der Waals surface area contributed by atoms with Gasteiger partial charge >= 0.3 is 0 Å². The van der Waals surface area contributed by atoms with Crippen LogP contribution in [0.25, 0.3) is 11.1 Å². The molecule has 30 heavy (non-hydrogen) atoms. The Kier molecular flexibility index (Phi) is 6.21. The number of nitrogens with one attached hydrogen (secondary N) is 1. The van der Waals surface area contributed by atoms with Crippen LogP contribution >= 0.6 is 12.4 Å². The number of rotatable bonds is 7. The van der Waals surface area contributed by atoms with E-state index < -0.39 is 0 Å². The topological polar surface area (TPSA) is 32.3 Å². The van der Waals surface area contributed by atoms with Crippen LogP contribution in [-0.2, 0) is 0 Å². The lowest BCUT2D eigenvalue weighted by Gasteiger charge is -2.24. The maximum atomic E-state index is 13.5. The minimum absolute atomic E-state index is 0. The molecule has 2 saturated carbocycles. The largest absolute Gasteiger partial charge is 0.312 e. The van der Waals surface area contributed by atoms with E-state index >= 15 is 0 Å². The second kappa shape index (κ2) is 9.03. The Balaban J connectivity index is 0.00000218. The first-order chi connectivity index (χ1) is 14.3. The van der Waals surface area contributed by atoms with Crippen molar-refractivity contribution in [2.24, 2.45) is 5.92 Å². The molecule has 0 radical (unpaired) electrons. The molecule has 0 aliphatic heterocycles. The lowest BCUT2D eigenvalue weighted by atomic mass is 10.0. The van der Waals surface area contributed by atoms with Crippen molar-refractivity contribution in [3.8, 4) is 11.1 Å². The second-order valence-electron chi connectivity index (χ2n) is 8.22. The number of hydrogen-bond donors (Lipinski definition) is 1. The summed E-state index contributed by atoms with van der Waals surface area (Å²) in [6.07, 6.45) is 3.72. The van der Waals surface area contributed by atoms with Gasteiger partial charge in [-0.2, -0.15) is 0 Å². The van der Waals surface area contributed by atoms with Gasteiger partial charge in [-0.05, 0) is 67.1 Å². The predicted molar refractivity (Wildman–Crippen MR) is 125 cm³/mol. The SMILES string of the molecule is Cl.O=C(c1ccc(-c2ccccc2)cc1)N(c1ccccc1)[C@H]1C[C@H]1NCC1CC1. The minimum atomic E-state index is 0. The molecule has 0 spiro atoms. The number of carbonyl (C=O) groups is 1. The third-order valence-corrected chi connectivity index (χ3v) is 5.95. The molecule has 0 bridgehead atoms. The normalized spacial score (nSPS) is 19.6. The minimum Gasteiger partial charge on any atom is -0.312 e. The van der Waals surface area contributed by atoms with Crippen molar-refractivity contribution in [3.05, 3.63) is 90.5 Å². The van der Waals surface area contributed by atoms with E-state index in [0.29, 0.717) is 6.04 Å². The van der Waals surface area contributed by atoms with E-state index in [0.717, 1.165) is 41.3 Å². The van der Waals surface area contributed by atoms with E-state index in [-0.39, 0.29) is 24.4 Å². The molecule has 2 atom stereocenters. The number of anilines is 1. The van der Waals surface area contributed by atoms with Gasteiger partial charge in [0.2, 0.25) is 0 Å². The highest BCUT2D eigenvalue weighted by molar-refractivity contribution is 6.07. The van der Waals surface area contributed by atoms with Gasteiger partial charge in [0, 0.05) is 17.3 Å². The summed E-state index contributed by atoms with van der Waals surface area (Å²) in [5.74, 6) is 0.930. The zero-order chi connectivity index (χ0) is 19.6. The third-order valence-electron chi connectivity index (χ3n) is 5.95. The summed E-state index contributed by atoms with van der Waals surface area (Å²) >= 11 is 0. The fraction of sp³-hybridized carbons (Fsp3) is 0.269. The molecule has 0 aromatic heterocycles. The molecule has 3 aromatic carbocycles. The van der Waals surface area contributed by atoms with Crippen LogP contribution in [0.1, 0.15) is 29.6 Å². The van der Waals surface area contributed by atoms with Crippen LogP contribution in [0.2, 0.25) is 0 Å². The molecular formula is C26H27ClN2O. The Labute approximate surface area is 184 Å². The highest BCUT2D eigenvalue weighted by Crippen LogP contribution is 2.35. The van der Waals surface area contributed by atoms with E-state index in [4.69, 9.17) is 0 Å². The number of carbonyl (C=O) groups excluding carboxylic acids is 1. The van der Waals surface area contributed by atoms with Gasteiger partial charge in [0.1, 0.15) is 0 Å². The molecule has 4 heteroatoms. The molecule has 2 aliphatic rings. The van der Waals surface area contributed by atoms with Gasteiger partial charge in [-0.25, -0.2) is 0 Å². The van der Waals surface area contributed by atoms with Crippen molar-refractivity contribution in [3.63, 3.8) is 0 Å². The molecule has 3 nitrogen and oxygen atoms in total. The van der Waals surface area contributed by atoms with E-state index in [1.807, 2.05) is 77.7 Å². The third kappa shape index (κ3) is 4.58. The molecule has 0 saturated heterocycles. The van der Waals surface area contributed by atoms with Crippen LogP contribution in [0.3, 0.4) is 0 Å². The molecule has 2 fully saturated rings. The van der Waals surface area contributed by atoms with Gasteiger partial charge in [0.05, 0.1) is 6.04 Å². The molecular weight excluding hydrogens is 392 g/mol. The van der Waals surface area contributed by atoms with Gasteiger partial charge in [-0.15, -0.1) is 12.4 Å². The monoisotopic (exact) mass is 418 g/mol. The number of para-hydroxylation sites is 1. The van der Waals surface area contributed by atoms with E-state index in [9.17, 15) is 4.79 Å². The molecule has 154 valence electrons. The fourth-order valence-electron chi connectivity index (χ4n) is 3.95. The lowest BCUT2D eigenvalue weighted by Crippen LogP contribution is -2.37. The van der Waals surface area contributed by atoms with Gasteiger partial charge in [0.15, 0.2) is 0 Å². The number of benzene rings is 3. The number of hydrogen-bond acceptors (Lipinski definition) is 2. The van der Waals surface area contributed by atoms with Gasteiger partial charge in [-0.1, -0.05) is 60.7 Å². The highest BCUT2D eigenvalue weighted by atomic mass is 35.5. The van der Waals surface area contributed by atoms with E-state index in [2.05, 4.69) is 17.4 Å². The Morgan fingerprint density at radius 3 is 2.07 bits per heavy atom. The summed E-state index contributed by atoms with van der Waals surface area (Å²) in [4.78, 5) is 15.5. The maximum absolute atomic E-state index is 13.5. The summed E-state index contributed by atoms with van der Waals surface area (Å²) in [6.45, 7) is 1.09. The summed E-state index contributed by atoms with van der Waals surface area (Å²) in [5.41, 5.74) is 4.01. The summed E-state index contributed by atoms with van der Waals surface area (Å²) < 4.78 is 0. The first-order valence-corrected chi connectivity index (χ1v) is 10.6. The first kappa shape index (κ1) is 20.6. The van der Waals surface area contributed by atoms with Gasteiger partial charge in [-0.3, -0.25) is 4.79 Å². The lowest BCUT2D eigenvalue weighted by molar-refractivity contribution is 0.0984. The van der Waals surface area contributed by atoms with Crippen molar-refractivity contribution in [1.82, 2.24) is 5.32 Å². The molecule has 0 unspecified atom stereocenters. The van der Waals surface area contributed by atoms with Crippen molar-refractivity contribution in [2.45, 2.75) is 31.3 Å². The maximum Gasteiger partial charge on any atom is 0.258 e. The van der Waals surface area contributed by atoms with Gasteiger partial charge in [0.25, 0.3) is 5.91 Å². The second-order valence-corrected chi connectivity index (χ2v) is 8.22. The Hall–Kier alpha value is -2.62. The van der Waals surface area contributed by atoms with Gasteiger partial charge < -0.3 is 10.2 Å². The van der Waals surface area contributed by atoms with Crippen LogP contribution in [0.4, 0.5) is 5.69 Å².